The first-order valence-electron chi connectivity index (χ1n) is 12.3. The van der Waals surface area contributed by atoms with Gasteiger partial charge in [0.05, 0.1) is 13.2 Å². The van der Waals surface area contributed by atoms with Crippen LogP contribution < -0.4 is 9.47 Å². The molecule has 0 amide bonds. The predicted octanol–water partition coefficient (Wildman–Crippen LogP) is 6.25. The number of ether oxygens (including phenoxy) is 4. The minimum atomic E-state index is -0.386. The van der Waals surface area contributed by atoms with E-state index in [1.807, 2.05) is 0 Å². The molecule has 0 spiro atoms. The SMILES string of the molecule is CCCCCCCCOC(=O)COc1cccc(OCC(=O)OCCCCCCCC)c1. The summed E-state index contributed by atoms with van der Waals surface area (Å²) in [6, 6.07) is 6.84. The van der Waals surface area contributed by atoms with Crippen molar-refractivity contribution < 1.29 is 28.5 Å². The highest BCUT2D eigenvalue weighted by Crippen LogP contribution is 2.19. The fourth-order valence-electron chi connectivity index (χ4n) is 3.16. The Kier molecular flexibility index (Phi) is 16.9. The highest BCUT2D eigenvalue weighted by atomic mass is 16.6. The first kappa shape index (κ1) is 27.8. The Morgan fingerprint density at radius 2 is 1.03 bits per heavy atom. The van der Waals surface area contributed by atoms with Crippen LogP contribution in [0.2, 0.25) is 0 Å². The van der Waals surface area contributed by atoms with Crippen molar-refractivity contribution in [3.8, 4) is 11.5 Å². The standard InChI is InChI=1S/C26H42O6/c1-3-5-7-9-11-13-18-29-25(27)21-31-23-16-15-17-24(20-23)32-22-26(28)30-19-14-12-10-8-6-4-2/h15-17,20H,3-14,18-19,21-22H2,1-2H3. The molecule has 0 saturated heterocycles. The zero-order valence-electron chi connectivity index (χ0n) is 20.1. The van der Waals surface area contributed by atoms with Crippen molar-refractivity contribution in [1.82, 2.24) is 0 Å². The van der Waals surface area contributed by atoms with Gasteiger partial charge < -0.3 is 18.9 Å². The number of benzene rings is 1. The molecule has 0 radical (unpaired) electrons. The van der Waals surface area contributed by atoms with E-state index in [-0.39, 0.29) is 25.2 Å². The first-order valence-corrected chi connectivity index (χ1v) is 12.3. The number of carbonyl (C=O) groups excluding carboxylic acids is 2. The van der Waals surface area contributed by atoms with E-state index in [2.05, 4.69) is 13.8 Å². The number of hydrogen-bond donors (Lipinski definition) is 0. The average molecular weight is 451 g/mol. The minimum Gasteiger partial charge on any atom is -0.482 e. The van der Waals surface area contributed by atoms with E-state index in [1.165, 1.54) is 51.4 Å². The molecule has 1 aromatic carbocycles. The normalized spacial score (nSPS) is 10.6. The van der Waals surface area contributed by atoms with E-state index >= 15 is 0 Å². The lowest BCUT2D eigenvalue weighted by molar-refractivity contribution is -0.146. The van der Waals surface area contributed by atoms with E-state index in [9.17, 15) is 9.59 Å². The van der Waals surface area contributed by atoms with Crippen molar-refractivity contribution in [3.05, 3.63) is 24.3 Å². The zero-order valence-corrected chi connectivity index (χ0v) is 20.1. The van der Waals surface area contributed by atoms with Crippen molar-refractivity contribution in [2.75, 3.05) is 26.4 Å². The van der Waals surface area contributed by atoms with Crippen molar-refractivity contribution in [3.63, 3.8) is 0 Å². The van der Waals surface area contributed by atoms with Crippen molar-refractivity contribution in [2.24, 2.45) is 0 Å². The predicted molar refractivity (Wildman–Crippen MR) is 126 cm³/mol. The lowest BCUT2D eigenvalue weighted by Gasteiger charge is -2.10. The van der Waals surface area contributed by atoms with Gasteiger partial charge in [-0.1, -0.05) is 84.1 Å². The lowest BCUT2D eigenvalue weighted by Crippen LogP contribution is -2.16. The molecule has 1 rings (SSSR count). The summed E-state index contributed by atoms with van der Waals surface area (Å²) in [5.74, 6) is 0.199. The summed E-state index contributed by atoms with van der Waals surface area (Å²) in [5.41, 5.74) is 0. The molecule has 0 bridgehead atoms. The van der Waals surface area contributed by atoms with Gasteiger partial charge in [0.1, 0.15) is 11.5 Å². The molecule has 0 N–H and O–H groups in total. The van der Waals surface area contributed by atoms with E-state index < -0.39 is 0 Å². The van der Waals surface area contributed by atoms with Gasteiger partial charge in [0.2, 0.25) is 0 Å². The van der Waals surface area contributed by atoms with Gasteiger partial charge in [-0.15, -0.1) is 0 Å². The number of carbonyl (C=O) groups is 2. The molecule has 0 heterocycles. The molecule has 0 aromatic heterocycles. The van der Waals surface area contributed by atoms with Crippen LogP contribution in [-0.4, -0.2) is 38.4 Å². The van der Waals surface area contributed by atoms with Crippen LogP contribution in [0.4, 0.5) is 0 Å². The number of hydrogen-bond acceptors (Lipinski definition) is 6. The molecule has 1 aromatic rings. The van der Waals surface area contributed by atoms with E-state index in [0.29, 0.717) is 24.7 Å². The molecule has 0 aliphatic carbocycles. The van der Waals surface area contributed by atoms with Gasteiger partial charge in [-0.2, -0.15) is 0 Å². The fraction of sp³-hybridized carbons (Fsp3) is 0.692. The van der Waals surface area contributed by atoms with Crippen LogP contribution in [0.15, 0.2) is 24.3 Å². The highest BCUT2D eigenvalue weighted by molar-refractivity contribution is 5.71. The lowest BCUT2D eigenvalue weighted by atomic mass is 10.1. The fourth-order valence-corrected chi connectivity index (χ4v) is 3.16. The smallest absolute Gasteiger partial charge is 0.344 e. The van der Waals surface area contributed by atoms with E-state index in [1.54, 1.807) is 24.3 Å². The molecule has 0 fully saturated rings. The average Bonchev–Trinajstić information content (AvgIpc) is 2.80. The third kappa shape index (κ3) is 15.5. The molecule has 0 aliphatic rings. The van der Waals surface area contributed by atoms with Gasteiger partial charge in [-0.3, -0.25) is 0 Å². The summed E-state index contributed by atoms with van der Waals surface area (Å²) in [5, 5.41) is 0. The largest absolute Gasteiger partial charge is 0.482 e. The van der Waals surface area contributed by atoms with Crippen LogP contribution in [0.3, 0.4) is 0 Å². The van der Waals surface area contributed by atoms with Gasteiger partial charge in [-0.25, -0.2) is 9.59 Å². The number of unbranched alkanes of at least 4 members (excludes halogenated alkanes) is 10. The Bertz CT molecular complexity index is 567. The Labute approximate surface area is 194 Å². The van der Waals surface area contributed by atoms with Crippen LogP contribution in [-0.2, 0) is 19.1 Å². The van der Waals surface area contributed by atoms with Crippen LogP contribution in [0.25, 0.3) is 0 Å². The van der Waals surface area contributed by atoms with Crippen LogP contribution in [0, 0.1) is 0 Å². The second-order valence-corrected chi connectivity index (χ2v) is 8.03. The minimum absolute atomic E-state index is 0.153. The summed E-state index contributed by atoms with van der Waals surface area (Å²) in [6.45, 7) is 4.93. The van der Waals surface area contributed by atoms with E-state index in [0.717, 1.165) is 25.7 Å². The monoisotopic (exact) mass is 450 g/mol. The topological polar surface area (TPSA) is 71.1 Å². The highest BCUT2D eigenvalue weighted by Gasteiger charge is 2.07. The molecule has 6 nitrogen and oxygen atoms in total. The molecular weight excluding hydrogens is 408 g/mol. The third-order valence-electron chi connectivity index (χ3n) is 5.04. The molecule has 0 aliphatic heterocycles. The quantitative estimate of drug-likeness (QED) is 0.173. The molecule has 182 valence electrons. The Morgan fingerprint density at radius 3 is 1.47 bits per heavy atom. The number of esters is 2. The zero-order chi connectivity index (χ0) is 23.3. The Morgan fingerprint density at radius 1 is 0.625 bits per heavy atom. The maximum Gasteiger partial charge on any atom is 0.344 e. The molecule has 0 atom stereocenters. The van der Waals surface area contributed by atoms with Gasteiger partial charge >= 0.3 is 11.9 Å². The van der Waals surface area contributed by atoms with Crippen LogP contribution in [0.1, 0.15) is 90.9 Å². The van der Waals surface area contributed by atoms with Crippen LogP contribution in [0.5, 0.6) is 11.5 Å². The summed E-state index contributed by atoms with van der Waals surface area (Å²) < 4.78 is 21.3. The second kappa shape index (κ2) is 19.4. The Balaban J connectivity index is 2.14. The second-order valence-electron chi connectivity index (χ2n) is 8.03. The molecule has 6 heteroatoms. The molecule has 0 saturated carbocycles. The van der Waals surface area contributed by atoms with Crippen molar-refractivity contribution >= 4 is 11.9 Å². The first-order chi connectivity index (χ1) is 15.7. The summed E-state index contributed by atoms with van der Waals surface area (Å²) in [4.78, 5) is 23.6. The molecular formula is C26H42O6. The van der Waals surface area contributed by atoms with Crippen molar-refractivity contribution in [1.29, 1.82) is 0 Å². The third-order valence-corrected chi connectivity index (χ3v) is 5.04. The van der Waals surface area contributed by atoms with Gasteiger partial charge in [0.15, 0.2) is 13.2 Å². The maximum atomic E-state index is 11.8. The maximum absolute atomic E-state index is 11.8. The summed E-state index contributed by atoms with van der Waals surface area (Å²) in [7, 11) is 0. The molecule has 0 unspecified atom stereocenters. The van der Waals surface area contributed by atoms with Crippen LogP contribution >= 0.6 is 0 Å². The van der Waals surface area contributed by atoms with Gasteiger partial charge in [0.25, 0.3) is 0 Å². The summed E-state index contributed by atoms with van der Waals surface area (Å²) in [6.07, 6.45) is 13.7. The Hall–Kier alpha value is -2.24. The van der Waals surface area contributed by atoms with Crippen molar-refractivity contribution in [2.45, 2.75) is 90.9 Å². The summed E-state index contributed by atoms with van der Waals surface area (Å²) >= 11 is 0. The van der Waals surface area contributed by atoms with E-state index in [4.69, 9.17) is 18.9 Å². The molecule has 32 heavy (non-hydrogen) atoms. The van der Waals surface area contributed by atoms with Gasteiger partial charge in [-0.05, 0) is 25.0 Å². The van der Waals surface area contributed by atoms with Gasteiger partial charge in [0, 0.05) is 6.07 Å². The number of rotatable bonds is 20.